The SMILES string of the molecule is Cn1ccnc1CCNC(=O)c1cccc(N)c1Br. The van der Waals surface area contributed by atoms with Crippen LogP contribution in [0.2, 0.25) is 0 Å². The van der Waals surface area contributed by atoms with E-state index in [-0.39, 0.29) is 5.91 Å². The molecule has 0 aliphatic rings. The molecular formula is C13H15BrN4O. The monoisotopic (exact) mass is 322 g/mol. The van der Waals surface area contributed by atoms with Gasteiger partial charge in [0.15, 0.2) is 0 Å². The molecule has 2 rings (SSSR count). The summed E-state index contributed by atoms with van der Waals surface area (Å²) in [6, 6.07) is 5.24. The highest BCUT2D eigenvalue weighted by Crippen LogP contribution is 2.23. The lowest BCUT2D eigenvalue weighted by atomic mass is 10.2. The van der Waals surface area contributed by atoms with Crippen LogP contribution >= 0.6 is 15.9 Å². The van der Waals surface area contributed by atoms with Crippen molar-refractivity contribution < 1.29 is 4.79 Å². The summed E-state index contributed by atoms with van der Waals surface area (Å²) in [5.74, 6) is 0.792. The fourth-order valence-corrected chi connectivity index (χ4v) is 2.19. The van der Waals surface area contributed by atoms with Crippen LogP contribution in [0.3, 0.4) is 0 Å². The number of aromatic nitrogens is 2. The number of anilines is 1. The van der Waals surface area contributed by atoms with Crippen molar-refractivity contribution in [3.63, 3.8) is 0 Å². The van der Waals surface area contributed by atoms with E-state index in [9.17, 15) is 4.79 Å². The predicted molar refractivity (Wildman–Crippen MR) is 77.8 cm³/mol. The average Bonchev–Trinajstić information content (AvgIpc) is 2.78. The second-order valence-corrected chi connectivity index (χ2v) is 4.96. The molecule has 2 aromatic rings. The van der Waals surface area contributed by atoms with Gasteiger partial charge in [0.1, 0.15) is 5.82 Å². The number of rotatable bonds is 4. The number of aryl methyl sites for hydroxylation is 1. The van der Waals surface area contributed by atoms with Crippen LogP contribution in [0.25, 0.3) is 0 Å². The molecule has 0 saturated heterocycles. The number of halogens is 1. The van der Waals surface area contributed by atoms with Crippen LogP contribution in [-0.4, -0.2) is 22.0 Å². The Kier molecular flexibility index (Phi) is 4.21. The lowest BCUT2D eigenvalue weighted by molar-refractivity contribution is 0.0953. The summed E-state index contributed by atoms with van der Waals surface area (Å²) in [4.78, 5) is 16.2. The molecule has 100 valence electrons. The number of nitrogens with two attached hydrogens (primary N) is 1. The standard InChI is InChI=1S/C13H15BrN4O/c1-18-8-7-16-11(18)5-6-17-13(19)9-3-2-4-10(15)12(9)14/h2-4,7-8H,5-6,15H2,1H3,(H,17,19). The van der Waals surface area contributed by atoms with Gasteiger partial charge in [0.25, 0.3) is 5.91 Å². The molecule has 6 heteroatoms. The quantitative estimate of drug-likeness (QED) is 0.842. The van der Waals surface area contributed by atoms with Crippen molar-refractivity contribution in [1.29, 1.82) is 0 Å². The van der Waals surface area contributed by atoms with Gasteiger partial charge < -0.3 is 15.6 Å². The first-order valence-corrected chi connectivity index (χ1v) is 6.67. The molecule has 1 aromatic carbocycles. The molecule has 0 saturated carbocycles. The Morgan fingerprint density at radius 1 is 1.53 bits per heavy atom. The van der Waals surface area contributed by atoms with E-state index in [1.807, 2.05) is 17.8 Å². The topological polar surface area (TPSA) is 72.9 Å². The van der Waals surface area contributed by atoms with Crippen LogP contribution in [0.15, 0.2) is 35.1 Å². The summed E-state index contributed by atoms with van der Waals surface area (Å²) in [5.41, 5.74) is 6.84. The summed E-state index contributed by atoms with van der Waals surface area (Å²) < 4.78 is 2.56. The number of amides is 1. The number of benzene rings is 1. The third-order valence-electron chi connectivity index (χ3n) is 2.83. The van der Waals surface area contributed by atoms with Crippen molar-refractivity contribution in [1.82, 2.24) is 14.9 Å². The highest BCUT2D eigenvalue weighted by molar-refractivity contribution is 9.10. The maximum Gasteiger partial charge on any atom is 0.252 e. The Morgan fingerprint density at radius 3 is 3.00 bits per heavy atom. The lowest BCUT2D eigenvalue weighted by Crippen LogP contribution is -2.26. The average molecular weight is 323 g/mol. The molecule has 1 aromatic heterocycles. The molecule has 0 bridgehead atoms. The summed E-state index contributed by atoms with van der Waals surface area (Å²) in [5, 5.41) is 2.85. The maximum atomic E-state index is 12.0. The summed E-state index contributed by atoms with van der Waals surface area (Å²) in [7, 11) is 1.93. The first-order chi connectivity index (χ1) is 9.09. The highest BCUT2D eigenvalue weighted by atomic mass is 79.9. The molecule has 1 amide bonds. The second kappa shape index (κ2) is 5.88. The maximum absolute atomic E-state index is 12.0. The van der Waals surface area contributed by atoms with Crippen LogP contribution < -0.4 is 11.1 Å². The zero-order chi connectivity index (χ0) is 13.8. The van der Waals surface area contributed by atoms with E-state index in [1.54, 1.807) is 24.4 Å². The number of nitrogens with zero attached hydrogens (tertiary/aromatic N) is 2. The van der Waals surface area contributed by atoms with Gasteiger partial charge in [-0.2, -0.15) is 0 Å². The van der Waals surface area contributed by atoms with E-state index in [4.69, 9.17) is 5.73 Å². The van der Waals surface area contributed by atoms with Gasteiger partial charge in [0.2, 0.25) is 0 Å². The summed E-state index contributed by atoms with van der Waals surface area (Å²) in [6.07, 6.45) is 4.31. The fourth-order valence-electron chi connectivity index (χ4n) is 1.75. The van der Waals surface area contributed by atoms with E-state index in [0.29, 0.717) is 28.7 Å². The van der Waals surface area contributed by atoms with Gasteiger partial charge >= 0.3 is 0 Å². The molecule has 0 fully saturated rings. The number of imidazole rings is 1. The molecule has 0 radical (unpaired) electrons. The van der Waals surface area contributed by atoms with Crippen molar-refractivity contribution in [2.75, 3.05) is 12.3 Å². The van der Waals surface area contributed by atoms with Gasteiger partial charge in [-0.1, -0.05) is 6.07 Å². The fraction of sp³-hybridized carbons (Fsp3) is 0.231. The molecule has 1 heterocycles. The van der Waals surface area contributed by atoms with Crippen molar-refractivity contribution in [3.05, 3.63) is 46.5 Å². The molecule has 0 atom stereocenters. The number of hydrogen-bond acceptors (Lipinski definition) is 3. The lowest BCUT2D eigenvalue weighted by Gasteiger charge is -2.08. The van der Waals surface area contributed by atoms with Gasteiger partial charge in [-0.15, -0.1) is 0 Å². The largest absolute Gasteiger partial charge is 0.398 e. The van der Waals surface area contributed by atoms with Crippen LogP contribution in [-0.2, 0) is 13.5 Å². The van der Waals surface area contributed by atoms with E-state index >= 15 is 0 Å². The first kappa shape index (κ1) is 13.6. The normalized spacial score (nSPS) is 10.4. The van der Waals surface area contributed by atoms with Gasteiger partial charge in [-0.25, -0.2) is 4.98 Å². The molecular weight excluding hydrogens is 308 g/mol. The Morgan fingerprint density at radius 2 is 2.32 bits per heavy atom. The van der Waals surface area contributed by atoms with Gasteiger partial charge in [-0.3, -0.25) is 4.79 Å². The minimum absolute atomic E-state index is 0.145. The Bertz CT molecular complexity index is 594. The van der Waals surface area contributed by atoms with Crippen LogP contribution in [0.1, 0.15) is 16.2 Å². The van der Waals surface area contributed by atoms with E-state index in [0.717, 1.165) is 5.82 Å². The van der Waals surface area contributed by atoms with Gasteiger partial charge in [0.05, 0.1) is 10.0 Å². The molecule has 3 N–H and O–H groups in total. The van der Waals surface area contributed by atoms with Gasteiger partial charge in [0, 0.05) is 38.1 Å². The zero-order valence-electron chi connectivity index (χ0n) is 10.6. The Hall–Kier alpha value is -1.82. The van der Waals surface area contributed by atoms with E-state index in [2.05, 4.69) is 26.2 Å². The van der Waals surface area contributed by atoms with Crippen molar-refractivity contribution >= 4 is 27.5 Å². The number of hydrogen-bond donors (Lipinski definition) is 2. The number of carbonyl (C=O) groups excluding carboxylic acids is 1. The zero-order valence-corrected chi connectivity index (χ0v) is 12.1. The first-order valence-electron chi connectivity index (χ1n) is 5.88. The molecule has 0 aliphatic carbocycles. The van der Waals surface area contributed by atoms with Crippen molar-refractivity contribution in [2.24, 2.45) is 7.05 Å². The predicted octanol–water partition coefficient (Wildman–Crippen LogP) is 1.74. The summed E-state index contributed by atoms with van der Waals surface area (Å²) in [6.45, 7) is 0.533. The number of nitrogen functional groups attached to an aromatic ring is 1. The van der Waals surface area contributed by atoms with Gasteiger partial charge in [-0.05, 0) is 28.1 Å². The highest BCUT2D eigenvalue weighted by Gasteiger charge is 2.11. The molecule has 0 spiro atoms. The molecule has 19 heavy (non-hydrogen) atoms. The summed E-state index contributed by atoms with van der Waals surface area (Å²) >= 11 is 3.32. The minimum atomic E-state index is -0.145. The van der Waals surface area contributed by atoms with Crippen molar-refractivity contribution in [2.45, 2.75) is 6.42 Å². The Labute approximate surface area is 120 Å². The van der Waals surface area contributed by atoms with Crippen LogP contribution in [0.5, 0.6) is 0 Å². The van der Waals surface area contributed by atoms with Crippen LogP contribution in [0, 0.1) is 0 Å². The Balaban J connectivity index is 1.95. The minimum Gasteiger partial charge on any atom is -0.398 e. The third kappa shape index (κ3) is 3.14. The second-order valence-electron chi connectivity index (χ2n) is 4.17. The van der Waals surface area contributed by atoms with Crippen LogP contribution in [0.4, 0.5) is 5.69 Å². The van der Waals surface area contributed by atoms with E-state index < -0.39 is 0 Å². The molecule has 0 aliphatic heterocycles. The van der Waals surface area contributed by atoms with E-state index in [1.165, 1.54) is 0 Å². The van der Waals surface area contributed by atoms with Crippen molar-refractivity contribution in [3.8, 4) is 0 Å². The smallest absolute Gasteiger partial charge is 0.252 e. The third-order valence-corrected chi connectivity index (χ3v) is 3.71. The number of carbonyl (C=O) groups is 1. The number of nitrogens with one attached hydrogen (secondary N) is 1. The molecule has 5 nitrogen and oxygen atoms in total. The molecule has 0 unspecified atom stereocenters.